The lowest BCUT2D eigenvalue weighted by Crippen LogP contribution is -2.28. The monoisotopic (exact) mass is 294 g/mol. The van der Waals surface area contributed by atoms with Gasteiger partial charge in [0.15, 0.2) is 0 Å². The lowest BCUT2D eigenvalue weighted by atomic mass is 10.2. The minimum absolute atomic E-state index is 0.0573. The van der Waals surface area contributed by atoms with Crippen LogP contribution >= 0.6 is 0 Å². The number of rotatable bonds is 5. The van der Waals surface area contributed by atoms with Crippen molar-refractivity contribution in [3.8, 4) is 0 Å². The van der Waals surface area contributed by atoms with Crippen molar-refractivity contribution in [3.63, 3.8) is 0 Å². The van der Waals surface area contributed by atoms with Crippen LogP contribution in [0.25, 0.3) is 0 Å². The summed E-state index contributed by atoms with van der Waals surface area (Å²) in [5.41, 5.74) is 5.33. The third-order valence-electron chi connectivity index (χ3n) is 2.25. The molecule has 0 aliphatic rings. The molecule has 1 unspecified atom stereocenters. The van der Waals surface area contributed by atoms with Crippen LogP contribution in [-0.2, 0) is 20.8 Å². The Balaban J connectivity index is 2.95. The highest BCUT2D eigenvalue weighted by atomic mass is 32.2. The molecule has 0 saturated carbocycles. The van der Waals surface area contributed by atoms with Crippen molar-refractivity contribution < 1.29 is 17.0 Å². The second kappa shape index (κ2) is 5.77. The van der Waals surface area contributed by atoms with Gasteiger partial charge in [0.1, 0.15) is 5.82 Å². The Morgan fingerprint density at radius 1 is 1.44 bits per heavy atom. The van der Waals surface area contributed by atoms with Gasteiger partial charge in [0.2, 0.25) is 10.0 Å². The zero-order chi connectivity index (χ0) is 13.9. The molecule has 0 aliphatic carbocycles. The fraction of sp³-hybridized carbons (Fsp3) is 0.400. The Hall–Kier alpha value is -0.990. The molecule has 1 atom stereocenters. The predicted octanol–water partition coefficient (Wildman–Crippen LogP) is 0.373. The summed E-state index contributed by atoms with van der Waals surface area (Å²) < 4.78 is 50.1. The van der Waals surface area contributed by atoms with Crippen LogP contribution in [0, 0.1) is 12.7 Å². The number of hydrogen-bond acceptors (Lipinski definition) is 4. The van der Waals surface area contributed by atoms with Gasteiger partial charge >= 0.3 is 0 Å². The number of hydrogen-bond donors (Lipinski definition) is 2. The molecular weight excluding hydrogens is 279 g/mol. The third kappa shape index (κ3) is 3.76. The van der Waals surface area contributed by atoms with Crippen molar-refractivity contribution in [2.45, 2.75) is 11.8 Å². The lowest BCUT2D eigenvalue weighted by Gasteiger charge is -2.08. The second-order valence-corrected chi connectivity index (χ2v) is 7.14. The first-order valence-electron chi connectivity index (χ1n) is 5.09. The summed E-state index contributed by atoms with van der Waals surface area (Å²) in [6, 6.07) is 2.27. The van der Waals surface area contributed by atoms with Crippen LogP contribution in [-0.4, -0.2) is 31.2 Å². The largest absolute Gasteiger partial charge is 0.396 e. The number of nitrogen functional groups attached to an aromatic ring is 1. The molecule has 3 N–H and O–H groups in total. The summed E-state index contributed by atoms with van der Waals surface area (Å²) in [5, 5.41) is 0. The van der Waals surface area contributed by atoms with E-state index in [1.807, 2.05) is 0 Å². The van der Waals surface area contributed by atoms with Crippen LogP contribution in [0.5, 0.6) is 0 Å². The SMILES string of the molecule is Cc1cc(S(=O)(=O)NCCS(C)=O)cc(N)c1F. The van der Waals surface area contributed by atoms with Gasteiger partial charge in [0.05, 0.1) is 10.6 Å². The first kappa shape index (κ1) is 15.1. The maximum Gasteiger partial charge on any atom is 0.240 e. The average molecular weight is 294 g/mol. The molecule has 1 aromatic carbocycles. The first-order valence-corrected chi connectivity index (χ1v) is 8.30. The number of halogens is 1. The van der Waals surface area contributed by atoms with E-state index in [2.05, 4.69) is 4.72 Å². The Labute approximate surface area is 108 Å². The van der Waals surface area contributed by atoms with E-state index in [-0.39, 0.29) is 28.4 Å². The summed E-state index contributed by atoms with van der Waals surface area (Å²) in [4.78, 5) is -0.0965. The van der Waals surface area contributed by atoms with Crippen LogP contribution < -0.4 is 10.5 Å². The molecule has 0 bridgehead atoms. The van der Waals surface area contributed by atoms with Crippen molar-refractivity contribution in [1.29, 1.82) is 0 Å². The molecule has 0 spiro atoms. The predicted molar refractivity (Wildman–Crippen MR) is 69.7 cm³/mol. The van der Waals surface area contributed by atoms with Gasteiger partial charge in [0, 0.05) is 29.4 Å². The molecule has 18 heavy (non-hydrogen) atoms. The Morgan fingerprint density at radius 3 is 2.56 bits per heavy atom. The molecule has 102 valence electrons. The maximum atomic E-state index is 13.3. The Bertz CT molecular complexity index is 549. The normalized spacial score (nSPS) is 13.5. The third-order valence-corrected chi connectivity index (χ3v) is 4.47. The van der Waals surface area contributed by atoms with E-state index >= 15 is 0 Å². The number of sulfonamides is 1. The number of aryl methyl sites for hydroxylation is 1. The highest BCUT2D eigenvalue weighted by molar-refractivity contribution is 7.89. The van der Waals surface area contributed by atoms with E-state index in [0.29, 0.717) is 0 Å². The van der Waals surface area contributed by atoms with Crippen molar-refractivity contribution in [1.82, 2.24) is 4.72 Å². The van der Waals surface area contributed by atoms with E-state index in [9.17, 15) is 17.0 Å². The number of nitrogens with two attached hydrogens (primary N) is 1. The molecule has 5 nitrogen and oxygen atoms in total. The lowest BCUT2D eigenvalue weighted by molar-refractivity contribution is 0.582. The summed E-state index contributed by atoms with van der Waals surface area (Å²) in [5.74, 6) is -0.405. The standard InChI is InChI=1S/C10H15FN2O3S2/c1-7-5-8(6-9(12)10(7)11)18(15,16)13-3-4-17(2)14/h5-6,13H,3-4,12H2,1-2H3. The quantitative estimate of drug-likeness (QED) is 0.768. The minimum Gasteiger partial charge on any atom is -0.396 e. The zero-order valence-corrected chi connectivity index (χ0v) is 11.7. The fourth-order valence-corrected chi connectivity index (χ4v) is 2.99. The van der Waals surface area contributed by atoms with Gasteiger partial charge in [-0.15, -0.1) is 0 Å². The van der Waals surface area contributed by atoms with Gasteiger partial charge in [-0.05, 0) is 24.6 Å². The maximum absolute atomic E-state index is 13.3. The second-order valence-electron chi connectivity index (χ2n) is 3.82. The van der Waals surface area contributed by atoms with Crippen LogP contribution in [0.2, 0.25) is 0 Å². The van der Waals surface area contributed by atoms with E-state index < -0.39 is 26.6 Å². The first-order chi connectivity index (χ1) is 8.24. The van der Waals surface area contributed by atoms with Crippen LogP contribution in [0.1, 0.15) is 5.56 Å². The van der Waals surface area contributed by atoms with E-state index in [1.165, 1.54) is 19.2 Å². The van der Waals surface area contributed by atoms with Gasteiger partial charge in [0.25, 0.3) is 0 Å². The van der Waals surface area contributed by atoms with E-state index in [4.69, 9.17) is 5.73 Å². The molecule has 0 heterocycles. The van der Waals surface area contributed by atoms with Crippen LogP contribution in [0.3, 0.4) is 0 Å². The summed E-state index contributed by atoms with van der Waals surface area (Å²) >= 11 is 0. The molecule has 1 aromatic rings. The molecule has 8 heteroatoms. The summed E-state index contributed by atoms with van der Waals surface area (Å²) in [7, 11) is -4.83. The van der Waals surface area contributed by atoms with Gasteiger partial charge in [-0.2, -0.15) is 0 Å². The van der Waals surface area contributed by atoms with Crippen LogP contribution in [0.4, 0.5) is 10.1 Å². The number of anilines is 1. The number of nitrogens with one attached hydrogen (secondary N) is 1. The smallest absolute Gasteiger partial charge is 0.240 e. The molecule has 0 amide bonds. The van der Waals surface area contributed by atoms with E-state index in [0.717, 1.165) is 6.07 Å². The van der Waals surface area contributed by atoms with Gasteiger partial charge in [-0.3, -0.25) is 4.21 Å². The molecule has 1 rings (SSSR count). The zero-order valence-electron chi connectivity index (χ0n) is 10.1. The van der Waals surface area contributed by atoms with Gasteiger partial charge in [-0.25, -0.2) is 17.5 Å². The average Bonchev–Trinajstić information content (AvgIpc) is 2.24. The minimum atomic E-state index is -3.75. The molecule has 0 fully saturated rings. The van der Waals surface area contributed by atoms with Crippen LogP contribution in [0.15, 0.2) is 17.0 Å². The molecule has 0 saturated heterocycles. The summed E-state index contributed by atoms with van der Waals surface area (Å²) in [6.45, 7) is 1.49. The highest BCUT2D eigenvalue weighted by Crippen LogP contribution is 2.20. The van der Waals surface area contributed by atoms with Gasteiger partial charge < -0.3 is 5.73 Å². The highest BCUT2D eigenvalue weighted by Gasteiger charge is 2.16. The Morgan fingerprint density at radius 2 is 2.06 bits per heavy atom. The van der Waals surface area contributed by atoms with Crippen molar-refractivity contribution in [2.75, 3.05) is 24.3 Å². The molecular formula is C10H15FN2O3S2. The fourth-order valence-electron chi connectivity index (χ4n) is 1.32. The van der Waals surface area contributed by atoms with Crippen molar-refractivity contribution >= 4 is 26.5 Å². The summed E-state index contributed by atoms with van der Waals surface area (Å²) in [6.07, 6.45) is 1.48. The topological polar surface area (TPSA) is 89.3 Å². The molecule has 0 radical (unpaired) electrons. The Kier molecular flexibility index (Phi) is 4.83. The van der Waals surface area contributed by atoms with Gasteiger partial charge in [-0.1, -0.05) is 0 Å². The van der Waals surface area contributed by atoms with E-state index in [1.54, 1.807) is 0 Å². The number of benzene rings is 1. The van der Waals surface area contributed by atoms with Crippen molar-refractivity contribution in [2.24, 2.45) is 0 Å². The molecule has 0 aliphatic heterocycles. The molecule has 0 aromatic heterocycles. The van der Waals surface area contributed by atoms with Crippen molar-refractivity contribution in [3.05, 3.63) is 23.5 Å².